The van der Waals surface area contributed by atoms with E-state index < -0.39 is 26.7 Å². The Bertz CT molecular complexity index is 1240. The highest BCUT2D eigenvalue weighted by Crippen LogP contribution is 2.34. The number of halogens is 4. The van der Waals surface area contributed by atoms with E-state index in [9.17, 15) is 21.6 Å². The number of hydrogen-bond acceptors (Lipinski definition) is 5. The number of rotatable bonds is 6. The van der Waals surface area contributed by atoms with E-state index in [1.807, 2.05) is 0 Å². The van der Waals surface area contributed by atoms with Crippen LogP contribution in [0.2, 0.25) is 0 Å². The summed E-state index contributed by atoms with van der Waals surface area (Å²) in [7, 11) is -4.27. The highest BCUT2D eigenvalue weighted by atomic mass is 79.9. The molecule has 0 spiro atoms. The summed E-state index contributed by atoms with van der Waals surface area (Å²) in [4.78, 5) is 7.69. The van der Waals surface area contributed by atoms with E-state index in [1.165, 1.54) is 12.1 Å². The Morgan fingerprint density at radius 3 is 2.30 bits per heavy atom. The van der Waals surface area contributed by atoms with Crippen LogP contribution in [0.5, 0.6) is 0 Å². The van der Waals surface area contributed by atoms with E-state index in [2.05, 4.69) is 41.4 Å². The Balaban J connectivity index is 1.71. The lowest BCUT2D eigenvalue weighted by Crippen LogP contribution is -2.36. The van der Waals surface area contributed by atoms with Gasteiger partial charge in [0.1, 0.15) is 4.90 Å². The van der Waals surface area contributed by atoms with E-state index in [0.29, 0.717) is 12.0 Å². The van der Waals surface area contributed by atoms with Gasteiger partial charge in [-0.3, -0.25) is 15.1 Å². The van der Waals surface area contributed by atoms with Crippen molar-refractivity contribution in [2.75, 3.05) is 10.0 Å². The molecule has 0 saturated carbocycles. The molecule has 5 N–H and O–H groups in total. The number of anilines is 2. The maximum absolute atomic E-state index is 13.0. The van der Waals surface area contributed by atoms with Crippen molar-refractivity contribution in [2.24, 2.45) is 10.8 Å². The molecule has 3 rings (SSSR count). The number of hydrazine groups is 1. The number of nitrogens with zero attached hydrogens (tertiary/aromatic N) is 2. The molecule has 2 aromatic carbocycles. The van der Waals surface area contributed by atoms with Crippen molar-refractivity contribution < 1.29 is 21.6 Å². The van der Waals surface area contributed by atoms with Gasteiger partial charge in [0.25, 0.3) is 10.0 Å². The largest absolute Gasteiger partial charge is 0.416 e. The van der Waals surface area contributed by atoms with Crippen LogP contribution >= 0.6 is 15.9 Å². The van der Waals surface area contributed by atoms with Crippen molar-refractivity contribution in [3.63, 3.8) is 0 Å². The number of nitrogens with one attached hydrogen (secondary N) is 3. The predicted octanol–water partition coefficient (Wildman–Crippen LogP) is 4.10. The first-order valence-corrected chi connectivity index (χ1v) is 11.5. The minimum Gasteiger partial charge on any atom is -0.325 e. The fraction of sp³-hybridized carbons (Fsp3) is 0.100. The van der Waals surface area contributed by atoms with Crippen LogP contribution in [0.25, 0.3) is 0 Å². The van der Waals surface area contributed by atoms with Gasteiger partial charge in [0.15, 0.2) is 0 Å². The lowest BCUT2D eigenvalue weighted by atomic mass is 10.2. The van der Waals surface area contributed by atoms with E-state index in [1.54, 1.807) is 36.7 Å². The standard InChI is InChI=1S/C20H18BrF3N6O2S/c21-17-6-3-14(20(22,23)24)11-18(17)33(31,32)30-16-4-1-13(2-5-16)12-27-19(29-25)28-15-7-9-26-10-8-15/h1-11,30H,12,25H2,(H2,26,27,28,29). The molecule has 1 aromatic heterocycles. The summed E-state index contributed by atoms with van der Waals surface area (Å²) in [6.07, 6.45) is -1.46. The van der Waals surface area contributed by atoms with Crippen LogP contribution in [-0.2, 0) is 22.7 Å². The predicted molar refractivity (Wildman–Crippen MR) is 123 cm³/mol. The zero-order valence-electron chi connectivity index (χ0n) is 16.8. The van der Waals surface area contributed by atoms with E-state index in [-0.39, 0.29) is 16.7 Å². The maximum atomic E-state index is 13.0. The number of nitrogens with two attached hydrogens (primary N) is 1. The van der Waals surface area contributed by atoms with Gasteiger partial charge in [0.2, 0.25) is 5.96 Å². The maximum Gasteiger partial charge on any atom is 0.416 e. The second kappa shape index (κ2) is 10.2. The first kappa shape index (κ1) is 24.5. The van der Waals surface area contributed by atoms with Crippen LogP contribution in [0.3, 0.4) is 0 Å². The van der Waals surface area contributed by atoms with Crippen molar-refractivity contribution in [1.82, 2.24) is 10.4 Å². The molecule has 0 bridgehead atoms. The Morgan fingerprint density at radius 1 is 1.03 bits per heavy atom. The molecule has 3 aromatic rings. The topological polar surface area (TPSA) is 121 Å². The average molecular weight is 543 g/mol. The van der Waals surface area contributed by atoms with Gasteiger partial charge in [-0.2, -0.15) is 13.2 Å². The van der Waals surface area contributed by atoms with Gasteiger partial charge in [0.05, 0.1) is 12.1 Å². The third kappa shape index (κ3) is 6.66. The van der Waals surface area contributed by atoms with E-state index in [4.69, 9.17) is 5.84 Å². The summed E-state index contributed by atoms with van der Waals surface area (Å²) in [6, 6.07) is 12.1. The van der Waals surface area contributed by atoms with Crippen LogP contribution in [0, 0.1) is 0 Å². The molecule has 0 fully saturated rings. The van der Waals surface area contributed by atoms with Gasteiger partial charge in [-0.15, -0.1) is 0 Å². The summed E-state index contributed by atoms with van der Waals surface area (Å²) in [5.41, 5.74) is 3.03. The second-order valence-electron chi connectivity index (χ2n) is 6.62. The number of hydrogen-bond donors (Lipinski definition) is 4. The number of benzene rings is 2. The monoisotopic (exact) mass is 542 g/mol. The van der Waals surface area contributed by atoms with E-state index in [0.717, 1.165) is 23.4 Å². The summed E-state index contributed by atoms with van der Waals surface area (Å²) in [6.45, 7) is 0.226. The number of aliphatic imine (C=N–C) groups is 1. The SMILES string of the molecule is NNC(=NCc1ccc(NS(=O)(=O)c2cc(C(F)(F)F)ccc2Br)cc1)Nc1ccncc1. The zero-order chi connectivity index (χ0) is 24.1. The lowest BCUT2D eigenvalue weighted by Gasteiger charge is -2.13. The number of sulfonamides is 1. The minimum absolute atomic E-state index is 0.0115. The molecule has 0 radical (unpaired) electrons. The van der Waals surface area contributed by atoms with Crippen LogP contribution in [0.15, 0.2) is 81.4 Å². The molecule has 174 valence electrons. The van der Waals surface area contributed by atoms with Crippen molar-refractivity contribution in [2.45, 2.75) is 17.6 Å². The summed E-state index contributed by atoms with van der Waals surface area (Å²) in [5.74, 6) is 5.78. The molecule has 0 unspecified atom stereocenters. The molecular weight excluding hydrogens is 525 g/mol. The minimum atomic E-state index is -4.67. The van der Waals surface area contributed by atoms with Crippen molar-refractivity contribution in [3.05, 3.63) is 82.6 Å². The van der Waals surface area contributed by atoms with Crippen LogP contribution in [-0.4, -0.2) is 19.4 Å². The molecule has 13 heteroatoms. The van der Waals surface area contributed by atoms with Gasteiger partial charge in [-0.1, -0.05) is 12.1 Å². The molecule has 0 amide bonds. The normalized spacial score (nSPS) is 12.3. The van der Waals surface area contributed by atoms with Crippen molar-refractivity contribution in [1.29, 1.82) is 0 Å². The molecule has 33 heavy (non-hydrogen) atoms. The van der Waals surface area contributed by atoms with Gasteiger partial charge in [-0.25, -0.2) is 19.3 Å². The highest BCUT2D eigenvalue weighted by Gasteiger charge is 2.32. The fourth-order valence-electron chi connectivity index (χ4n) is 2.64. The Morgan fingerprint density at radius 2 is 1.70 bits per heavy atom. The van der Waals surface area contributed by atoms with Crippen LogP contribution in [0.4, 0.5) is 24.5 Å². The molecule has 0 aliphatic rings. The molecule has 0 aliphatic heterocycles. The summed E-state index contributed by atoms with van der Waals surface area (Å²) >= 11 is 3.00. The Labute approximate surface area is 196 Å². The molecule has 1 heterocycles. The number of alkyl halides is 3. The number of aromatic nitrogens is 1. The van der Waals surface area contributed by atoms with Gasteiger partial charge in [0, 0.05) is 28.2 Å². The van der Waals surface area contributed by atoms with Crippen LogP contribution < -0.4 is 21.3 Å². The molecular formula is C20H18BrF3N6O2S. The lowest BCUT2D eigenvalue weighted by molar-refractivity contribution is -0.137. The second-order valence-corrected chi connectivity index (χ2v) is 9.12. The third-order valence-electron chi connectivity index (χ3n) is 4.25. The summed E-state index contributed by atoms with van der Waals surface area (Å²) < 4.78 is 66.5. The number of guanidine groups is 1. The summed E-state index contributed by atoms with van der Waals surface area (Å²) in [5, 5.41) is 2.98. The molecule has 8 nitrogen and oxygen atoms in total. The Kier molecular flexibility index (Phi) is 7.56. The number of pyridine rings is 1. The first-order chi connectivity index (χ1) is 15.6. The quantitative estimate of drug-likeness (QED) is 0.161. The average Bonchev–Trinajstić information content (AvgIpc) is 2.77. The van der Waals surface area contributed by atoms with E-state index >= 15 is 0 Å². The third-order valence-corrected chi connectivity index (χ3v) is 6.63. The smallest absolute Gasteiger partial charge is 0.325 e. The van der Waals surface area contributed by atoms with Crippen LogP contribution in [0.1, 0.15) is 11.1 Å². The first-order valence-electron chi connectivity index (χ1n) is 9.25. The fourth-order valence-corrected chi connectivity index (χ4v) is 4.69. The van der Waals surface area contributed by atoms with Gasteiger partial charge in [-0.05, 0) is 64.0 Å². The Hall–Kier alpha value is -3.16. The molecule has 0 saturated heterocycles. The zero-order valence-corrected chi connectivity index (χ0v) is 19.2. The van der Waals surface area contributed by atoms with Gasteiger partial charge < -0.3 is 5.32 Å². The highest BCUT2D eigenvalue weighted by molar-refractivity contribution is 9.10. The molecule has 0 aliphatic carbocycles. The van der Waals surface area contributed by atoms with Gasteiger partial charge >= 0.3 is 6.18 Å². The van der Waals surface area contributed by atoms with Crippen molar-refractivity contribution in [3.8, 4) is 0 Å². The molecule has 0 atom stereocenters. The van der Waals surface area contributed by atoms with Crippen molar-refractivity contribution >= 4 is 43.3 Å².